The first-order valence-corrected chi connectivity index (χ1v) is 8.82. The second kappa shape index (κ2) is 6.77. The molecule has 10 heteroatoms. The van der Waals surface area contributed by atoms with Crippen LogP contribution in [0.3, 0.4) is 0 Å². The molecule has 0 aliphatic rings. The fourth-order valence-electron chi connectivity index (χ4n) is 2.10. The number of halogens is 2. The number of nitrogens with zero attached hydrogens (tertiary/aromatic N) is 4. The Hall–Kier alpha value is -1.91. The van der Waals surface area contributed by atoms with Crippen molar-refractivity contribution in [3.8, 4) is 11.4 Å². The van der Waals surface area contributed by atoms with Gasteiger partial charge < -0.3 is 4.52 Å². The summed E-state index contributed by atoms with van der Waals surface area (Å²) in [6, 6.07) is 6.24. The van der Waals surface area contributed by atoms with Crippen LogP contribution in [0.5, 0.6) is 0 Å². The van der Waals surface area contributed by atoms with Gasteiger partial charge >= 0.3 is 5.92 Å². The highest BCUT2D eigenvalue weighted by atomic mass is 32.2. The van der Waals surface area contributed by atoms with Crippen molar-refractivity contribution in [1.29, 1.82) is 0 Å². The van der Waals surface area contributed by atoms with Crippen LogP contribution in [0.4, 0.5) is 8.78 Å². The maximum Gasteiger partial charge on any atom is 0.322 e. The average Bonchev–Trinajstić information content (AvgIpc) is 3.03. The Bertz CT molecular complexity index is 829. The van der Waals surface area contributed by atoms with E-state index in [4.69, 9.17) is 0 Å². The Morgan fingerprint density at radius 3 is 2.16 bits per heavy atom. The van der Waals surface area contributed by atoms with E-state index in [1.807, 2.05) is 0 Å². The Kier molecular flexibility index (Phi) is 5.26. The number of rotatable bonds is 6. The van der Waals surface area contributed by atoms with Crippen molar-refractivity contribution in [2.24, 2.45) is 0 Å². The van der Waals surface area contributed by atoms with Crippen LogP contribution in [0.1, 0.15) is 31.3 Å². The zero-order chi connectivity index (χ0) is 19.0. The van der Waals surface area contributed by atoms with Crippen LogP contribution in [0.25, 0.3) is 11.4 Å². The van der Waals surface area contributed by atoms with Crippen molar-refractivity contribution < 1.29 is 21.7 Å². The predicted molar refractivity (Wildman–Crippen MR) is 88.1 cm³/mol. The van der Waals surface area contributed by atoms with E-state index in [1.54, 1.807) is 31.2 Å². The fourth-order valence-corrected chi connectivity index (χ4v) is 3.13. The van der Waals surface area contributed by atoms with Crippen molar-refractivity contribution >= 4 is 10.2 Å². The van der Waals surface area contributed by atoms with Gasteiger partial charge in [-0.05, 0) is 12.5 Å². The summed E-state index contributed by atoms with van der Waals surface area (Å²) in [5.41, 5.74) is 1.23. The van der Waals surface area contributed by atoms with E-state index in [0.29, 0.717) is 12.5 Å². The van der Waals surface area contributed by atoms with E-state index in [2.05, 4.69) is 14.7 Å². The molecule has 0 fully saturated rings. The largest absolute Gasteiger partial charge is 0.332 e. The molecule has 0 aliphatic heterocycles. The minimum atomic E-state index is -3.56. The van der Waals surface area contributed by atoms with Crippen LogP contribution in [-0.4, -0.2) is 48.3 Å². The molecular weight excluding hydrogens is 354 g/mol. The van der Waals surface area contributed by atoms with E-state index >= 15 is 0 Å². The molecule has 1 aromatic carbocycles. The second-order valence-electron chi connectivity index (χ2n) is 5.92. The lowest BCUT2D eigenvalue weighted by Gasteiger charge is -2.27. The number of benzene rings is 1. The van der Waals surface area contributed by atoms with Gasteiger partial charge in [-0.15, -0.1) is 0 Å². The SMILES string of the molecule is CC(c1ccc(-c2noc(C(C)(F)F)n2)cc1)N(C)S(=O)(=O)N(C)C. The summed E-state index contributed by atoms with van der Waals surface area (Å²) in [5.74, 6) is -3.91. The molecule has 0 bridgehead atoms. The summed E-state index contributed by atoms with van der Waals surface area (Å²) < 4.78 is 57.6. The fraction of sp³-hybridized carbons (Fsp3) is 0.467. The van der Waals surface area contributed by atoms with Gasteiger partial charge in [-0.3, -0.25) is 0 Å². The van der Waals surface area contributed by atoms with Crippen LogP contribution < -0.4 is 0 Å². The highest BCUT2D eigenvalue weighted by molar-refractivity contribution is 7.86. The van der Waals surface area contributed by atoms with E-state index < -0.39 is 28.1 Å². The van der Waals surface area contributed by atoms with Gasteiger partial charge in [-0.1, -0.05) is 29.4 Å². The van der Waals surface area contributed by atoms with Gasteiger partial charge in [0.2, 0.25) is 5.82 Å². The Labute approximate surface area is 145 Å². The topological polar surface area (TPSA) is 79.5 Å². The first-order chi connectivity index (χ1) is 11.4. The third kappa shape index (κ3) is 4.02. The number of hydrogen-bond donors (Lipinski definition) is 0. The van der Waals surface area contributed by atoms with Gasteiger partial charge in [0.05, 0.1) is 0 Å². The molecule has 2 rings (SSSR count). The second-order valence-corrected chi connectivity index (χ2v) is 8.12. The molecule has 1 aromatic heterocycles. The molecular formula is C15H20F2N4O3S. The van der Waals surface area contributed by atoms with Crippen LogP contribution in [-0.2, 0) is 16.1 Å². The van der Waals surface area contributed by atoms with Gasteiger partial charge in [0, 0.05) is 39.7 Å². The Morgan fingerprint density at radius 2 is 1.72 bits per heavy atom. The molecule has 1 atom stereocenters. The first kappa shape index (κ1) is 19.4. The molecule has 0 saturated heterocycles. The predicted octanol–water partition coefficient (Wildman–Crippen LogP) is 2.65. The average molecular weight is 374 g/mol. The summed E-state index contributed by atoms with van der Waals surface area (Å²) in [5, 5.41) is 3.55. The Morgan fingerprint density at radius 1 is 1.16 bits per heavy atom. The van der Waals surface area contributed by atoms with Crippen molar-refractivity contribution in [3.63, 3.8) is 0 Å². The van der Waals surface area contributed by atoms with Gasteiger partial charge in [-0.2, -0.15) is 30.8 Å². The first-order valence-electron chi connectivity index (χ1n) is 7.42. The van der Waals surface area contributed by atoms with E-state index in [0.717, 1.165) is 9.87 Å². The molecule has 7 nitrogen and oxygen atoms in total. The molecule has 0 aliphatic carbocycles. The molecule has 1 heterocycles. The van der Waals surface area contributed by atoms with Crippen molar-refractivity contribution in [1.82, 2.24) is 18.8 Å². The van der Waals surface area contributed by atoms with Gasteiger partial charge in [-0.25, -0.2) is 0 Å². The van der Waals surface area contributed by atoms with E-state index in [9.17, 15) is 17.2 Å². The molecule has 0 amide bonds. The van der Waals surface area contributed by atoms with E-state index in [1.165, 1.54) is 25.4 Å². The lowest BCUT2D eigenvalue weighted by atomic mass is 10.1. The quantitative estimate of drug-likeness (QED) is 0.777. The summed E-state index contributed by atoms with van der Waals surface area (Å²) in [6.45, 7) is 2.43. The molecule has 0 spiro atoms. The lowest BCUT2D eigenvalue weighted by molar-refractivity contribution is -0.0158. The van der Waals surface area contributed by atoms with Gasteiger partial charge in [0.25, 0.3) is 16.1 Å². The number of aromatic nitrogens is 2. The minimum absolute atomic E-state index is 0.0463. The van der Waals surface area contributed by atoms with Crippen LogP contribution in [0.15, 0.2) is 28.8 Å². The van der Waals surface area contributed by atoms with Crippen LogP contribution >= 0.6 is 0 Å². The van der Waals surface area contributed by atoms with E-state index in [-0.39, 0.29) is 5.82 Å². The molecule has 138 valence electrons. The highest BCUT2D eigenvalue weighted by Gasteiger charge is 2.32. The van der Waals surface area contributed by atoms with Gasteiger partial charge in [0.1, 0.15) is 0 Å². The van der Waals surface area contributed by atoms with Crippen molar-refractivity contribution in [3.05, 3.63) is 35.7 Å². The summed E-state index contributed by atoms with van der Waals surface area (Å²) >= 11 is 0. The monoisotopic (exact) mass is 374 g/mol. The third-order valence-electron chi connectivity index (χ3n) is 3.82. The molecule has 25 heavy (non-hydrogen) atoms. The van der Waals surface area contributed by atoms with Crippen LogP contribution in [0.2, 0.25) is 0 Å². The highest BCUT2D eigenvalue weighted by Crippen LogP contribution is 2.28. The molecule has 2 aromatic rings. The third-order valence-corrected chi connectivity index (χ3v) is 5.79. The summed E-state index contributed by atoms with van der Waals surface area (Å²) in [4.78, 5) is 3.68. The lowest BCUT2D eigenvalue weighted by Crippen LogP contribution is -2.38. The number of hydrogen-bond acceptors (Lipinski definition) is 5. The van der Waals surface area contributed by atoms with Crippen molar-refractivity contribution in [2.45, 2.75) is 25.8 Å². The number of alkyl halides is 2. The minimum Gasteiger partial charge on any atom is -0.332 e. The molecule has 0 N–H and O–H groups in total. The zero-order valence-corrected chi connectivity index (χ0v) is 15.4. The standard InChI is InChI=1S/C15H20F2N4O3S/c1-10(21(5)25(22,23)20(3)4)11-6-8-12(9-7-11)13-18-14(24-19-13)15(2,16)17/h6-10H,1-5H3. The Balaban J connectivity index is 2.24. The van der Waals surface area contributed by atoms with Crippen LogP contribution in [0, 0.1) is 0 Å². The molecule has 1 unspecified atom stereocenters. The smallest absolute Gasteiger partial charge is 0.322 e. The molecule has 0 saturated carbocycles. The van der Waals surface area contributed by atoms with Crippen molar-refractivity contribution in [2.75, 3.05) is 21.1 Å². The van der Waals surface area contributed by atoms with Gasteiger partial charge in [0.15, 0.2) is 0 Å². The zero-order valence-electron chi connectivity index (χ0n) is 14.6. The maximum absolute atomic E-state index is 13.2. The maximum atomic E-state index is 13.2. The molecule has 0 radical (unpaired) electrons. The summed E-state index contributed by atoms with van der Waals surface area (Å²) in [7, 11) is 0.847. The normalized spacial score (nSPS) is 14.3. The summed E-state index contributed by atoms with van der Waals surface area (Å²) in [6.07, 6.45) is 0.